The molecule has 0 bridgehead atoms. The van der Waals surface area contributed by atoms with Crippen LogP contribution in [-0.2, 0) is 11.3 Å². The Morgan fingerprint density at radius 1 is 1.19 bits per heavy atom. The highest BCUT2D eigenvalue weighted by molar-refractivity contribution is 6.27. The molecule has 0 spiro atoms. The summed E-state index contributed by atoms with van der Waals surface area (Å²) < 4.78 is 31.3. The predicted molar refractivity (Wildman–Crippen MR) is 73.2 cm³/mol. The summed E-state index contributed by atoms with van der Waals surface area (Å²) in [6, 6.07) is 6.38. The minimum atomic E-state index is -0.990. The molecular weight excluding hydrogens is 302 g/mol. The molecule has 0 unspecified atom stereocenters. The molecule has 1 aromatic heterocycles. The number of aromatic nitrogens is 1. The molecular formula is C14H11ClF2N2O2. The van der Waals surface area contributed by atoms with E-state index in [9.17, 15) is 13.6 Å². The third-order valence-corrected chi connectivity index (χ3v) is 2.75. The third kappa shape index (κ3) is 4.39. The van der Waals surface area contributed by atoms with Crippen LogP contribution in [0.15, 0.2) is 36.5 Å². The molecule has 0 atom stereocenters. The van der Waals surface area contributed by atoms with Gasteiger partial charge in [-0.2, -0.15) is 0 Å². The zero-order chi connectivity index (χ0) is 15.2. The van der Waals surface area contributed by atoms with E-state index < -0.39 is 11.6 Å². The molecule has 0 saturated carbocycles. The van der Waals surface area contributed by atoms with Gasteiger partial charge < -0.3 is 10.1 Å². The largest absolute Gasteiger partial charge is 0.457 e. The Hall–Kier alpha value is -2.21. The SMILES string of the molecule is O=C(CCl)NCc1cc(Oc2ccc(F)c(F)c2)ccn1. The van der Waals surface area contributed by atoms with Crippen molar-refractivity contribution in [2.75, 3.05) is 5.88 Å². The summed E-state index contributed by atoms with van der Waals surface area (Å²) in [5.41, 5.74) is 0.550. The maximum atomic E-state index is 13.1. The number of carbonyl (C=O) groups is 1. The first-order chi connectivity index (χ1) is 10.1. The standard InChI is InChI=1S/C14H11ClF2N2O2/c15-7-14(20)19-8-9-5-11(3-4-18-9)21-10-1-2-12(16)13(17)6-10/h1-6H,7-8H2,(H,19,20). The molecule has 0 aliphatic heterocycles. The van der Waals surface area contributed by atoms with Gasteiger partial charge in [-0.05, 0) is 18.2 Å². The number of carbonyl (C=O) groups excluding carboxylic acids is 1. The highest BCUT2D eigenvalue weighted by Gasteiger charge is 2.06. The molecule has 0 aliphatic rings. The first kappa shape index (κ1) is 15.2. The van der Waals surface area contributed by atoms with Crippen LogP contribution in [0.25, 0.3) is 0 Å². The van der Waals surface area contributed by atoms with Crippen LogP contribution in [0.1, 0.15) is 5.69 Å². The van der Waals surface area contributed by atoms with Gasteiger partial charge in [-0.15, -0.1) is 11.6 Å². The van der Waals surface area contributed by atoms with Gasteiger partial charge in [0.2, 0.25) is 5.91 Å². The molecule has 2 rings (SSSR count). The molecule has 21 heavy (non-hydrogen) atoms. The molecule has 0 saturated heterocycles. The van der Waals surface area contributed by atoms with Crippen molar-refractivity contribution in [2.24, 2.45) is 0 Å². The first-order valence-electron chi connectivity index (χ1n) is 5.99. The monoisotopic (exact) mass is 312 g/mol. The van der Waals surface area contributed by atoms with Crippen LogP contribution in [0.3, 0.4) is 0 Å². The Balaban J connectivity index is 2.06. The molecule has 0 radical (unpaired) electrons. The van der Waals surface area contributed by atoms with E-state index in [4.69, 9.17) is 16.3 Å². The third-order valence-electron chi connectivity index (χ3n) is 2.50. The summed E-state index contributed by atoms with van der Waals surface area (Å²) in [6.07, 6.45) is 1.48. The van der Waals surface area contributed by atoms with E-state index in [1.54, 1.807) is 12.1 Å². The number of rotatable bonds is 5. The van der Waals surface area contributed by atoms with Gasteiger partial charge in [0.05, 0.1) is 12.2 Å². The zero-order valence-electron chi connectivity index (χ0n) is 10.8. The quantitative estimate of drug-likeness (QED) is 0.864. The summed E-state index contributed by atoms with van der Waals surface area (Å²) >= 11 is 5.36. The average molecular weight is 313 g/mol. The molecule has 0 fully saturated rings. The number of benzene rings is 1. The summed E-state index contributed by atoms with van der Waals surface area (Å²) in [5, 5.41) is 2.56. The van der Waals surface area contributed by atoms with Crippen molar-refractivity contribution in [2.45, 2.75) is 6.54 Å². The molecule has 1 N–H and O–H groups in total. The lowest BCUT2D eigenvalue weighted by molar-refractivity contribution is -0.118. The molecule has 7 heteroatoms. The van der Waals surface area contributed by atoms with Gasteiger partial charge in [-0.3, -0.25) is 9.78 Å². The van der Waals surface area contributed by atoms with Gasteiger partial charge >= 0.3 is 0 Å². The fourth-order valence-corrected chi connectivity index (χ4v) is 1.62. The topological polar surface area (TPSA) is 51.2 Å². The molecule has 2 aromatic rings. The van der Waals surface area contributed by atoms with E-state index in [1.807, 2.05) is 0 Å². The smallest absolute Gasteiger partial charge is 0.235 e. The summed E-state index contributed by atoms with van der Waals surface area (Å²) in [6.45, 7) is 0.195. The Morgan fingerprint density at radius 2 is 1.95 bits per heavy atom. The zero-order valence-corrected chi connectivity index (χ0v) is 11.5. The van der Waals surface area contributed by atoms with Crippen molar-refractivity contribution < 1.29 is 18.3 Å². The Bertz CT molecular complexity index is 653. The van der Waals surface area contributed by atoms with Crippen molar-refractivity contribution in [3.05, 3.63) is 53.9 Å². The van der Waals surface area contributed by atoms with Crippen LogP contribution in [-0.4, -0.2) is 16.8 Å². The number of nitrogens with zero attached hydrogens (tertiary/aromatic N) is 1. The molecule has 110 valence electrons. The highest BCUT2D eigenvalue weighted by atomic mass is 35.5. The molecule has 1 amide bonds. The molecule has 1 heterocycles. The minimum Gasteiger partial charge on any atom is -0.457 e. The Labute approximate surface area is 124 Å². The van der Waals surface area contributed by atoms with Crippen molar-refractivity contribution in [1.29, 1.82) is 0 Å². The number of amides is 1. The lowest BCUT2D eigenvalue weighted by Crippen LogP contribution is -2.24. The second-order valence-electron chi connectivity index (χ2n) is 4.07. The van der Waals surface area contributed by atoms with Gasteiger partial charge in [-0.1, -0.05) is 0 Å². The summed E-state index contributed by atoms with van der Waals surface area (Å²) in [4.78, 5) is 15.1. The fourth-order valence-electron chi connectivity index (χ4n) is 1.53. The number of nitrogens with one attached hydrogen (secondary N) is 1. The number of alkyl halides is 1. The van der Waals surface area contributed by atoms with E-state index >= 15 is 0 Å². The molecule has 0 aliphatic carbocycles. The summed E-state index contributed by atoms with van der Waals surface area (Å²) in [5.74, 6) is -1.82. The van der Waals surface area contributed by atoms with E-state index in [2.05, 4.69) is 10.3 Å². The van der Waals surface area contributed by atoms with Crippen molar-refractivity contribution in [3.8, 4) is 11.5 Å². The molecule has 4 nitrogen and oxygen atoms in total. The van der Waals surface area contributed by atoms with E-state index in [0.717, 1.165) is 12.1 Å². The van der Waals surface area contributed by atoms with E-state index in [0.29, 0.717) is 11.4 Å². The normalized spacial score (nSPS) is 10.2. The van der Waals surface area contributed by atoms with Crippen LogP contribution in [0, 0.1) is 11.6 Å². The number of hydrogen-bond acceptors (Lipinski definition) is 3. The van der Waals surface area contributed by atoms with Crippen molar-refractivity contribution in [1.82, 2.24) is 10.3 Å². The lowest BCUT2D eigenvalue weighted by Gasteiger charge is -2.08. The molecule has 1 aromatic carbocycles. The fraction of sp³-hybridized carbons (Fsp3) is 0.143. The second kappa shape index (κ2) is 6.99. The van der Waals surface area contributed by atoms with Gasteiger partial charge in [0.1, 0.15) is 17.4 Å². The van der Waals surface area contributed by atoms with E-state index in [1.165, 1.54) is 12.3 Å². The van der Waals surface area contributed by atoms with E-state index in [-0.39, 0.29) is 24.1 Å². The predicted octanol–water partition coefficient (Wildman–Crippen LogP) is 3.01. The van der Waals surface area contributed by atoms with Crippen LogP contribution in [0.5, 0.6) is 11.5 Å². The van der Waals surface area contributed by atoms with Gasteiger partial charge in [0.25, 0.3) is 0 Å². The lowest BCUT2D eigenvalue weighted by atomic mass is 10.3. The minimum absolute atomic E-state index is 0.134. The number of hydrogen-bond donors (Lipinski definition) is 1. The van der Waals surface area contributed by atoms with Crippen molar-refractivity contribution >= 4 is 17.5 Å². The summed E-state index contributed by atoms with van der Waals surface area (Å²) in [7, 11) is 0. The maximum Gasteiger partial charge on any atom is 0.235 e. The number of pyridine rings is 1. The second-order valence-corrected chi connectivity index (χ2v) is 4.34. The van der Waals surface area contributed by atoms with Gasteiger partial charge in [-0.25, -0.2) is 8.78 Å². The van der Waals surface area contributed by atoms with Crippen LogP contribution >= 0.6 is 11.6 Å². The van der Waals surface area contributed by atoms with Crippen LogP contribution < -0.4 is 10.1 Å². The van der Waals surface area contributed by atoms with Gasteiger partial charge in [0, 0.05) is 18.3 Å². The number of halogens is 3. The average Bonchev–Trinajstić information content (AvgIpc) is 2.49. The van der Waals surface area contributed by atoms with Gasteiger partial charge in [0.15, 0.2) is 11.6 Å². The maximum absolute atomic E-state index is 13.1. The van der Waals surface area contributed by atoms with Crippen LogP contribution in [0.4, 0.5) is 8.78 Å². The van der Waals surface area contributed by atoms with Crippen LogP contribution in [0.2, 0.25) is 0 Å². The Kier molecular flexibility index (Phi) is 5.05. The Morgan fingerprint density at radius 3 is 2.67 bits per heavy atom. The van der Waals surface area contributed by atoms with Crippen molar-refractivity contribution in [3.63, 3.8) is 0 Å². The number of ether oxygens (including phenoxy) is 1. The highest BCUT2D eigenvalue weighted by Crippen LogP contribution is 2.23. The first-order valence-corrected chi connectivity index (χ1v) is 6.52.